The molecule has 88 valence electrons. The zero-order valence-corrected chi connectivity index (χ0v) is 8.13. The van der Waals surface area contributed by atoms with Crippen LogP contribution in [0.15, 0.2) is 6.08 Å². The number of rotatable bonds is 0. The first kappa shape index (κ1) is 10.8. The summed E-state index contributed by atoms with van der Waals surface area (Å²) in [5, 5.41) is 46.7. The summed E-state index contributed by atoms with van der Waals surface area (Å²) in [6.07, 6.45) is 0.542. The van der Waals surface area contributed by atoms with Crippen LogP contribution in [-0.2, 0) is 4.79 Å². The number of carbonyl (C=O) groups excluding carboxylic acids is 2. The fourth-order valence-electron chi connectivity index (χ4n) is 1.55. The van der Waals surface area contributed by atoms with Crippen molar-refractivity contribution in [2.24, 2.45) is 0 Å². The van der Waals surface area contributed by atoms with Crippen LogP contribution in [0.4, 0.5) is 0 Å². The van der Waals surface area contributed by atoms with Crippen LogP contribution in [0.1, 0.15) is 15.9 Å². The number of aliphatic hydroxyl groups excluding tert-OH is 1. The molecule has 1 aromatic carbocycles. The SMILES string of the molecule is O=C1C=C(O)c2c(O)c(O)c(O)c(O)c2C1=O. The topological polar surface area (TPSA) is 135 Å². The molecule has 17 heavy (non-hydrogen) atoms. The number of allylic oxidation sites excluding steroid dienone is 1. The Morgan fingerprint density at radius 2 is 1.18 bits per heavy atom. The van der Waals surface area contributed by atoms with Gasteiger partial charge in [-0.2, -0.15) is 0 Å². The average Bonchev–Trinajstić information content (AvgIpc) is 2.28. The summed E-state index contributed by atoms with van der Waals surface area (Å²) in [6, 6.07) is 0. The first-order valence-corrected chi connectivity index (χ1v) is 4.35. The minimum atomic E-state index is -1.21. The zero-order chi connectivity index (χ0) is 12.9. The Hall–Kier alpha value is -2.70. The number of hydrogen-bond acceptors (Lipinski definition) is 7. The molecule has 0 unspecified atom stereocenters. The number of ketones is 2. The molecule has 0 atom stereocenters. The highest BCUT2D eigenvalue weighted by molar-refractivity contribution is 6.51. The van der Waals surface area contributed by atoms with E-state index in [-0.39, 0.29) is 0 Å². The largest absolute Gasteiger partial charge is 0.507 e. The molecule has 7 heteroatoms. The molecule has 0 aromatic heterocycles. The van der Waals surface area contributed by atoms with Crippen molar-refractivity contribution in [2.45, 2.75) is 0 Å². The molecule has 0 heterocycles. The van der Waals surface area contributed by atoms with Crippen LogP contribution in [0.2, 0.25) is 0 Å². The molecular weight excluding hydrogens is 232 g/mol. The third-order valence-electron chi connectivity index (χ3n) is 2.37. The summed E-state index contributed by atoms with van der Waals surface area (Å²) in [4.78, 5) is 22.5. The second-order valence-electron chi connectivity index (χ2n) is 3.37. The molecule has 0 bridgehead atoms. The van der Waals surface area contributed by atoms with E-state index in [1.807, 2.05) is 0 Å². The van der Waals surface area contributed by atoms with Gasteiger partial charge in [0.05, 0.1) is 11.1 Å². The van der Waals surface area contributed by atoms with Gasteiger partial charge in [0.15, 0.2) is 11.5 Å². The van der Waals surface area contributed by atoms with E-state index < -0.39 is 51.5 Å². The Labute approximate surface area is 93.5 Å². The lowest BCUT2D eigenvalue weighted by Gasteiger charge is -2.16. The van der Waals surface area contributed by atoms with Crippen molar-refractivity contribution in [3.8, 4) is 23.0 Å². The average molecular weight is 238 g/mol. The van der Waals surface area contributed by atoms with Crippen LogP contribution >= 0.6 is 0 Å². The van der Waals surface area contributed by atoms with Crippen molar-refractivity contribution in [3.05, 3.63) is 17.2 Å². The van der Waals surface area contributed by atoms with Crippen LogP contribution in [0, 0.1) is 0 Å². The fourth-order valence-corrected chi connectivity index (χ4v) is 1.55. The van der Waals surface area contributed by atoms with Gasteiger partial charge in [0.2, 0.25) is 23.1 Å². The number of aliphatic hydroxyl groups is 1. The molecule has 2 rings (SSSR count). The van der Waals surface area contributed by atoms with Crippen LogP contribution in [-0.4, -0.2) is 37.1 Å². The lowest BCUT2D eigenvalue weighted by atomic mass is 9.91. The second kappa shape index (κ2) is 3.14. The number of phenols is 4. The Kier molecular flexibility index (Phi) is 2.00. The zero-order valence-electron chi connectivity index (χ0n) is 8.13. The lowest BCUT2D eigenvalue weighted by molar-refractivity contribution is -0.111. The summed E-state index contributed by atoms with van der Waals surface area (Å²) in [7, 11) is 0. The molecule has 0 fully saturated rings. The first-order valence-electron chi connectivity index (χ1n) is 4.35. The Bertz CT molecular complexity index is 597. The molecule has 0 aliphatic heterocycles. The molecule has 1 aliphatic rings. The molecule has 5 N–H and O–H groups in total. The van der Waals surface area contributed by atoms with E-state index in [1.165, 1.54) is 0 Å². The maximum absolute atomic E-state index is 11.4. The molecule has 0 spiro atoms. The van der Waals surface area contributed by atoms with E-state index in [0.717, 1.165) is 0 Å². The molecule has 0 amide bonds. The van der Waals surface area contributed by atoms with E-state index in [9.17, 15) is 35.1 Å². The maximum atomic E-state index is 11.4. The van der Waals surface area contributed by atoms with Gasteiger partial charge in [0.25, 0.3) is 0 Å². The third-order valence-corrected chi connectivity index (χ3v) is 2.37. The summed E-state index contributed by atoms with van der Waals surface area (Å²) < 4.78 is 0. The predicted molar refractivity (Wildman–Crippen MR) is 53.0 cm³/mol. The number of phenolic OH excluding ortho intramolecular Hbond substituents is 4. The van der Waals surface area contributed by atoms with Crippen LogP contribution in [0.5, 0.6) is 23.0 Å². The van der Waals surface area contributed by atoms with Gasteiger partial charge in [-0.15, -0.1) is 0 Å². The van der Waals surface area contributed by atoms with Gasteiger partial charge in [-0.3, -0.25) is 9.59 Å². The predicted octanol–water partition coefficient (Wildman–Crippen LogP) is 0.173. The second-order valence-corrected chi connectivity index (χ2v) is 3.37. The van der Waals surface area contributed by atoms with Crippen LogP contribution < -0.4 is 0 Å². The molecule has 7 nitrogen and oxygen atoms in total. The standard InChI is InChI=1S/C10H6O7/c11-2-1-3(12)6(13)5-4(2)7(14)9(16)10(17)8(5)15/h1,11,14-17H. The highest BCUT2D eigenvalue weighted by atomic mass is 16.3. The lowest BCUT2D eigenvalue weighted by Crippen LogP contribution is -2.19. The van der Waals surface area contributed by atoms with E-state index in [1.54, 1.807) is 0 Å². The Balaban J connectivity index is 2.96. The number of aromatic hydroxyl groups is 4. The highest BCUT2D eigenvalue weighted by Gasteiger charge is 2.35. The normalized spacial score (nSPS) is 14.5. The molecular formula is C10H6O7. The number of benzene rings is 1. The number of Topliss-reactive ketones (excluding diaryl/α,β-unsaturated/α-hetero) is 1. The van der Waals surface area contributed by atoms with Gasteiger partial charge in [-0.05, 0) is 0 Å². The fraction of sp³-hybridized carbons (Fsp3) is 0. The van der Waals surface area contributed by atoms with Crippen molar-refractivity contribution in [1.29, 1.82) is 0 Å². The van der Waals surface area contributed by atoms with E-state index in [2.05, 4.69) is 0 Å². The number of fused-ring (bicyclic) bond motifs is 1. The Morgan fingerprint density at radius 1 is 0.706 bits per heavy atom. The Morgan fingerprint density at radius 3 is 1.71 bits per heavy atom. The number of hydrogen-bond donors (Lipinski definition) is 5. The van der Waals surface area contributed by atoms with Gasteiger partial charge in [0.1, 0.15) is 5.76 Å². The van der Waals surface area contributed by atoms with Crippen molar-refractivity contribution in [2.75, 3.05) is 0 Å². The summed E-state index contributed by atoms with van der Waals surface area (Å²) in [6.45, 7) is 0. The monoisotopic (exact) mass is 238 g/mol. The van der Waals surface area contributed by atoms with E-state index in [4.69, 9.17) is 0 Å². The van der Waals surface area contributed by atoms with Crippen LogP contribution in [0.3, 0.4) is 0 Å². The number of carbonyl (C=O) groups is 2. The summed E-state index contributed by atoms with van der Waals surface area (Å²) >= 11 is 0. The van der Waals surface area contributed by atoms with E-state index in [0.29, 0.717) is 6.08 Å². The quantitative estimate of drug-likeness (QED) is 0.247. The van der Waals surface area contributed by atoms with Crippen molar-refractivity contribution in [3.63, 3.8) is 0 Å². The summed E-state index contributed by atoms with van der Waals surface area (Å²) in [5.41, 5.74) is -1.34. The van der Waals surface area contributed by atoms with Crippen molar-refractivity contribution in [1.82, 2.24) is 0 Å². The smallest absolute Gasteiger partial charge is 0.237 e. The van der Waals surface area contributed by atoms with Crippen LogP contribution in [0.25, 0.3) is 5.76 Å². The van der Waals surface area contributed by atoms with Gasteiger partial charge in [-0.25, -0.2) is 0 Å². The van der Waals surface area contributed by atoms with Gasteiger partial charge in [-0.1, -0.05) is 0 Å². The molecule has 1 aromatic rings. The third kappa shape index (κ3) is 1.22. The van der Waals surface area contributed by atoms with E-state index >= 15 is 0 Å². The molecule has 1 aliphatic carbocycles. The molecule has 0 saturated carbocycles. The van der Waals surface area contributed by atoms with Gasteiger partial charge in [0, 0.05) is 6.08 Å². The summed E-state index contributed by atoms with van der Waals surface area (Å²) in [5.74, 6) is -7.41. The minimum absolute atomic E-state index is 0.542. The minimum Gasteiger partial charge on any atom is -0.507 e. The molecule has 0 radical (unpaired) electrons. The highest BCUT2D eigenvalue weighted by Crippen LogP contribution is 2.50. The van der Waals surface area contributed by atoms with Crippen molar-refractivity contribution < 1.29 is 35.1 Å². The maximum Gasteiger partial charge on any atom is 0.237 e. The van der Waals surface area contributed by atoms with Gasteiger partial charge < -0.3 is 25.5 Å². The van der Waals surface area contributed by atoms with Crippen molar-refractivity contribution >= 4 is 17.3 Å². The molecule has 0 saturated heterocycles. The van der Waals surface area contributed by atoms with Gasteiger partial charge >= 0.3 is 0 Å². The first-order chi connectivity index (χ1) is 7.86.